The predicted molar refractivity (Wildman–Crippen MR) is 95.4 cm³/mol. The van der Waals surface area contributed by atoms with Crippen molar-refractivity contribution >= 4 is 5.97 Å². The van der Waals surface area contributed by atoms with E-state index in [1.54, 1.807) is 0 Å². The second kappa shape index (κ2) is 6.48. The van der Waals surface area contributed by atoms with Crippen molar-refractivity contribution in [2.75, 3.05) is 0 Å². The lowest BCUT2D eigenvalue weighted by Gasteiger charge is -2.40. The summed E-state index contributed by atoms with van der Waals surface area (Å²) in [6, 6.07) is 0. The van der Waals surface area contributed by atoms with Gasteiger partial charge in [-0.3, -0.25) is 4.79 Å². The van der Waals surface area contributed by atoms with Crippen molar-refractivity contribution < 1.29 is 14.6 Å². The van der Waals surface area contributed by atoms with Gasteiger partial charge < -0.3 is 9.84 Å². The molecule has 0 aromatic carbocycles. The molecule has 0 amide bonds. The maximum Gasteiger partial charge on any atom is 0.309 e. The summed E-state index contributed by atoms with van der Waals surface area (Å²) in [6.07, 6.45) is 10.3. The highest BCUT2D eigenvalue weighted by molar-refractivity contribution is 5.73. The first-order chi connectivity index (χ1) is 11.2. The maximum atomic E-state index is 12.3. The highest BCUT2D eigenvalue weighted by atomic mass is 16.6. The monoisotopic (exact) mass is 334 g/mol. The Bertz CT molecular complexity index is 521. The van der Waals surface area contributed by atoms with Gasteiger partial charge in [0.15, 0.2) is 0 Å². The summed E-state index contributed by atoms with van der Waals surface area (Å²) in [4.78, 5) is 12.3. The molecule has 0 unspecified atom stereocenters. The van der Waals surface area contributed by atoms with Gasteiger partial charge >= 0.3 is 5.97 Å². The largest absolute Gasteiger partial charge is 0.459 e. The van der Waals surface area contributed by atoms with Crippen LogP contribution in [-0.4, -0.2) is 22.8 Å². The fourth-order valence-corrected chi connectivity index (χ4v) is 4.77. The van der Waals surface area contributed by atoms with Gasteiger partial charge in [-0.15, -0.1) is 0 Å². The molecular formula is C21H34O3. The van der Waals surface area contributed by atoms with E-state index in [2.05, 4.69) is 19.9 Å². The third-order valence-corrected chi connectivity index (χ3v) is 7.20. The number of carbonyl (C=O) groups is 1. The standard InChI is InChI=1S/C21H34O3/c1-14-6-5-10-21(4,23)18-12-16(15(2)19(22)24-18)9-11-20(3)13-17(20)8-7-14/h6,15-18,23H,5,7-13H2,1-4H3/b14-6-/t15-,16+,17+,18+,20+,21-/m0/s1. The SMILES string of the molecule is C/C1=C/CC[C@](C)(O)[C@H]2C[C@@H](CC[C@]3(C)C[C@H]3CC1)[C@H](C)C(=O)O2. The van der Waals surface area contributed by atoms with Gasteiger partial charge in [0, 0.05) is 0 Å². The highest BCUT2D eigenvalue weighted by Crippen LogP contribution is 2.59. The summed E-state index contributed by atoms with van der Waals surface area (Å²) in [7, 11) is 0. The summed E-state index contributed by atoms with van der Waals surface area (Å²) in [5.74, 6) is 1.05. The van der Waals surface area contributed by atoms with Gasteiger partial charge in [0.1, 0.15) is 6.10 Å². The number of esters is 1. The van der Waals surface area contributed by atoms with Crippen molar-refractivity contribution in [2.24, 2.45) is 23.2 Å². The Morgan fingerprint density at radius 3 is 2.75 bits per heavy atom. The molecule has 0 radical (unpaired) electrons. The maximum absolute atomic E-state index is 12.3. The smallest absolute Gasteiger partial charge is 0.309 e. The first-order valence-corrected chi connectivity index (χ1v) is 9.80. The molecule has 24 heavy (non-hydrogen) atoms. The van der Waals surface area contributed by atoms with Gasteiger partial charge in [0.05, 0.1) is 11.5 Å². The number of carbonyl (C=O) groups excluding carboxylic acids is 1. The predicted octanol–water partition coefficient (Wildman–Crippen LogP) is 4.63. The number of aliphatic hydroxyl groups is 1. The Morgan fingerprint density at radius 1 is 1.25 bits per heavy atom. The molecule has 3 heteroatoms. The third-order valence-electron chi connectivity index (χ3n) is 7.20. The van der Waals surface area contributed by atoms with Crippen LogP contribution in [0.1, 0.15) is 79.1 Å². The van der Waals surface area contributed by atoms with Gasteiger partial charge in [-0.05, 0) is 82.5 Å². The lowest BCUT2D eigenvalue weighted by Crippen LogP contribution is -2.49. The lowest BCUT2D eigenvalue weighted by atomic mass is 9.76. The molecule has 2 fully saturated rings. The van der Waals surface area contributed by atoms with Crippen LogP contribution in [0.15, 0.2) is 11.6 Å². The Balaban J connectivity index is 1.78. The van der Waals surface area contributed by atoms with Crippen LogP contribution in [0.2, 0.25) is 0 Å². The van der Waals surface area contributed by atoms with Crippen LogP contribution < -0.4 is 0 Å². The number of fused-ring (bicyclic) bond motifs is 3. The summed E-state index contributed by atoms with van der Waals surface area (Å²) in [5.41, 5.74) is 0.981. The molecule has 0 spiro atoms. The Labute approximate surface area is 146 Å². The number of hydrogen-bond acceptors (Lipinski definition) is 3. The topological polar surface area (TPSA) is 46.5 Å². The minimum Gasteiger partial charge on any atom is -0.459 e. The van der Waals surface area contributed by atoms with E-state index < -0.39 is 5.60 Å². The van der Waals surface area contributed by atoms with Crippen LogP contribution in [0, 0.1) is 23.2 Å². The summed E-state index contributed by atoms with van der Waals surface area (Å²) in [6.45, 7) is 8.46. The zero-order chi connectivity index (χ0) is 17.5. The first kappa shape index (κ1) is 18.0. The molecule has 3 nitrogen and oxygen atoms in total. The fourth-order valence-electron chi connectivity index (χ4n) is 4.77. The average Bonchev–Trinajstić information content (AvgIpc) is 3.16. The number of ether oxygens (including phenoxy) is 1. The number of hydrogen-bond donors (Lipinski definition) is 1. The normalized spacial score (nSPS) is 49.2. The lowest BCUT2D eigenvalue weighted by molar-refractivity contribution is -0.184. The van der Waals surface area contributed by atoms with Crippen LogP contribution in [0.5, 0.6) is 0 Å². The van der Waals surface area contributed by atoms with Gasteiger partial charge in [0.2, 0.25) is 0 Å². The summed E-state index contributed by atoms with van der Waals surface area (Å²) in [5, 5.41) is 10.9. The van der Waals surface area contributed by atoms with Crippen LogP contribution in [-0.2, 0) is 9.53 Å². The van der Waals surface area contributed by atoms with Crippen molar-refractivity contribution in [3.63, 3.8) is 0 Å². The van der Waals surface area contributed by atoms with E-state index in [9.17, 15) is 9.90 Å². The van der Waals surface area contributed by atoms with Crippen LogP contribution >= 0.6 is 0 Å². The zero-order valence-electron chi connectivity index (χ0n) is 15.8. The molecule has 2 aliphatic carbocycles. The molecule has 1 N–H and O–H groups in total. The molecule has 0 aromatic heterocycles. The fraction of sp³-hybridized carbons (Fsp3) is 0.857. The van der Waals surface area contributed by atoms with Gasteiger partial charge in [-0.2, -0.15) is 0 Å². The highest BCUT2D eigenvalue weighted by Gasteiger charge is 2.50. The van der Waals surface area contributed by atoms with E-state index >= 15 is 0 Å². The van der Waals surface area contributed by atoms with Crippen LogP contribution in [0.4, 0.5) is 0 Å². The molecule has 1 heterocycles. The molecule has 6 atom stereocenters. The molecule has 1 saturated carbocycles. The second-order valence-electron chi connectivity index (χ2n) is 9.29. The van der Waals surface area contributed by atoms with Gasteiger partial charge in [-0.25, -0.2) is 0 Å². The molecule has 3 aliphatic rings. The molecule has 0 aromatic rings. The van der Waals surface area contributed by atoms with E-state index in [4.69, 9.17) is 4.74 Å². The first-order valence-electron chi connectivity index (χ1n) is 9.80. The molecule has 136 valence electrons. The molecule has 1 aliphatic heterocycles. The summed E-state index contributed by atoms with van der Waals surface area (Å²) >= 11 is 0. The molecule has 3 rings (SSSR count). The van der Waals surface area contributed by atoms with Gasteiger partial charge in [0.25, 0.3) is 0 Å². The average molecular weight is 335 g/mol. The van der Waals surface area contributed by atoms with E-state index in [1.165, 1.54) is 31.3 Å². The van der Waals surface area contributed by atoms with Crippen LogP contribution in [0.3, 0.4) is 0 Å². The zero-order valence-corrected chi connectivity index (χ0v) is 15.8. The second-order valence-corrected chi connectivity index (χ2v) is 9.29. The Kier molecular flexibility index (Phi) is 4.85. The quantitative estimate of drug-likeness (QED) is 0.519. The van der Waals surface area contributed by atoms with Gasteiger partial charge in [-0.1, -0.05) is 25.5 Å². The Hall–Kier alpha value is -0.830. The minimum atomic E-state index is -0.930. The molecule has 1 saturated heterocycles. The third kappa shape index (κ3) is 3.71. The van der Waals surface area contributed by atoms with Crippen molar-refractivity contribution in [3.8, 4) is 0 Å². The number of allylic oxidation sites excluding steroid dienone is 2. The summed E-state index contributed by atoms with van der Waals surface area (Å²) < 4.78 is 5.62. The minimum absolute atomic E-state index is 0.0344. The van der Waals surface area contributed by atoms with Crippen molar-refractivity contribution in [1.29, 1.82) is 0 Å². The van der Waals surface area contributed by atoms with Crippen molar-refractivity contribution in [3.05, 3.63) is 11.6 Å². The van der Waals surface area contributed by atoms with E-state index in [1.807, 2.05) is 13.8 Å². The van der Waals surface area contributed by atoms with E-state index in [0.29, 0.717) is 17.8 Å². The molecular weight excluding hydrogens is 300 g/mol. The van der Waals surface area contributed by atoms with Crippen molar-refractivity contribution in [2.45, 2.75) is 90.8 Å². The van der Waals surface area contributed by atoms with Crippen LogP contribution in [0.25, 0.3) is 0 Å². The van der Waals surface area contributed by atoms with Crippen molar-refractivity contribution in [1.82, 2.24) is 0 Å². The van der Waals surface area contributed by atoms with E-state index in [0.717, 1.165) is 25.2 Å². The Morgan fingerprint density at radius 2 is 2.00 bits per heavy atom. The van der Waals surface area contributed by atoms with E-state index in [-0.39, 0.29) is 18.0 Å². The molecule has 2 bridgehead atoms. The number of rotatable bonds is 0.